The van der Waals surface area contributed by atoms with E-state index >= 15 is 0 Å². The lowest BCUT2D eigenvalue weighted by Crippen LogP contribution is -2.41. The van der Waals surface area contributed by atoms with Gasteiger partial charge in [0.1, 0.15) is 0 Å². The Labute approximate surface area is 96.0 Å². The summed E-state index contributed by atoms with van der Waals surface area (Å²) in [5.41, 5.74) is 0. The molecule has 4 heteroatoms. The van der Waals surface area contributed by atoms with Gasteiger partial charge >= 0.3 is 0 Å². The molecule has 0 aliphatic carbocycles. The number of thioether (sulfide) groups is 1. The summed E-state index contributed by atoms with van der Waals surface area (Å²) in [6.45, 7) is 4.97. The normalized spacial score (nSPS) is 29.1. The van der Waals surface area contributed by atoms with Crippen molar-refractivity contribution in [1.29, 1.82) is 0 Å². The highest BCUT2D eigenvalue weighted by molar-refractivity contribution is 7.99. The monoisotopic (exact) mass is 228 g/mol. The first-order valence-corrected chi connectivity index (χ1v) is 6.97. The Morgan fingerprint density at radius 2 is 2.07 bits per heavy atom. The molecule has 0 spiro atoms. The van der Waals surface area contributed by atoms with Gasteiger partial charge in [-0.2, -0.15) is 11.8 Å². The van der Waals surface area contributed by atoms with E-state index in [2.05, 4.69) is 24.1 Å². The van der Waals surface area contributed by atoms with Crippen LogP contribution in [0.15, 0.2) is 0 Å². The molecule has 1 atom stereocenters. The average molecular weight is 228 g/mol. The molecule has 2 saturated heterocycles. The van der Waals surface area contributed by atoms with E-state index in [1.165, 1.54) is 24.3 Å². The Kier molecular flexibility index (Phi) is 3.57. The summed E-state index contributed by atoms with van der Waals surface area (Å²) in [5, 5.41) is 3.32. The number of nitrogens with zero attached hydrogens (tertiary/aromatic N) is 1. The van der Waals surface area contributed by atoms with Crippen molar-refractivity contribution in [2.45, 2.75) is 38.8 Å². The lowest BCUT2D eigenvalue weighted by atomic mass is 10.0. The number of carbonyl (C=O) groups is 1. The van der Waals surface area contributed by atoms with Crippen molar-refractivity contribution in [2.75, 3.05) is 18.2 Å². The largest absolute Gasteiger partial charge is 0.326 e. The molecule has 2 fully saturated rings. The first kappa shape index (κ1) is 11.3. The zero-order valence-electron chi connectivity index (χ0n) is 9.53. The van der Waals surface area contributed by atoms with Crippen molar-refractivity contribution in [2.24, 2.45) is 5.92 Å². The van der Waals surface area contributed by atoms with Crippen LogP contribution in [0.3, 0.4) is 0 Å². The second kappa shape index (κ2) is 4.74. The number of carbonyl (C=O) groups excluding carboxylic acids is 1. The lowest BCUT2D eigenvalue weighted by Gasteiger charge is -2.30. The summed E-state index contributed by atoms with van der Waals surface area (Å²) in [4.78, 5) is 14.2. The number of hydrogen-bond acceptors (Lipinski definition) is 3. The molecule has 0 aromatic carbocycles. The Balaban J connectivity index is 1.96. The molecule has 86 valence electrons. The van der Waals surface area contributed by atoms with E-state index in [0.29, 0.717) is 17.9 Å². The summed E-state index contributed by atoms with van der Waals surface area (Å²) in [5.74, 6) is 3.14. The summed E-state index contributed by atoms with van der Waals surface area (Å²) in [7, 11) is 0. The van der Waals surface area contributed by atoms with Gasteiger partial charge in [0.05, 0.1) is 12.7 Å². The van der Waals surface area contributed by atoms with Crippen LogP contribution in [0.2, 0.25) is 0 Å². The molecule has 1 N–H and O–H groups in total. The van der Waals surface area contributed by atoms with Crippen molar-refractivity contribution in [3.8, 4) is 0 Å². The minimum Gasteiger partial charge on any atom is -0.326 e. The summed E-state index contributed by atoms with van der Waals surface area (Å²) in [6, 6.07) is 0.551. The molecule has 0 aromatic heterocycles. The molecule has 2 heterocycles. The smallest absolute Gasteiger partial charge is 0.241 e. The second-order valence-corrected chi connectivity index (χ2v) is 5.96. The third kappa shape index (κ3) is 2.31. The Morgan fingerprint density at radius 3 is 2.60 bits per heavy atom. The van der Waals surface area contributed by atoms with Crippen LogP contribution < -0.4 is 5.32 Å². The average Bonchev–Trinajstić information content (AvgIpc) is 2.61. The van der Waals surface area contributed by atoms with Gasteiger partial charge in [0.25, 0.3) is 0 Å². The van der Waals surface area contributed by atoms with Gasteiger partial charge in [-0.1, -0.05) is 13.8 Å². The van der Waals surface area contributed by atoms with Gasteiger partial charge in [0, 0.05) is 6.04 Å². The topological polar surface area (TPSA) is 32.3 Å². The molecule has 1 unspecified atom stereocenters. The van der Waals surface area contributed by atoms with E-state index in [-0.39, 0.29) is 6.04 Å². The van der Waals surface area contributed by atoms with Crippen LogP contribution in [0, 0.1) is 5.92 Å². The van der Waals surface area contributed by atoms with Crippen molar-refractivity contribution >= 4 is 17.7 Å². The van der Waals surface area contributed by atoms with E-state index < -0.39 is 0 Å². The minimum absolute atomic E-state index is 0.0552. The Bertz CT molecular complexity index is 239. The first-order valence-electron chi connectivity index (χ1n) is 5.81. The quantitative estimate of drug-likeness (QED) is 0.773. The van der Waals surface area contributed by atoms with Gasteiger partial charge in [-0.3, -0.25) is 10.1 Å². The van der Waals surface area contributed by atoms with Gasteiger partial charge in [0.2, 0.25) is 5.91 Å². The molecule has 3 nitrogen and oxygen atoms in total. The molecular weight excluding hydrogens is 208 g/mol. The molecule has 0 saturated carbocycles. The molecule has 0 bridgehead atoms. The highest BCUT2D eigenvalue weighted by Gasteiger charge is 2.37. The molecule has 2 aliphatic heterocycles. The summed E-state index contributed by atoms with van der Waals surface area (Å²) >= 11 is 2.01. The predicted molar refractivity (Wildman–Crippen MR) is 63.8 cm³/mol. The van der Waals surface area contributed by atoms with Crippen molar-refractivity contribution in [3.63, 3.8) is 0 Å². The Morgan fingerprint density at radius 1 is 1.40 bits per heavy atom. The van der Waals surface area contributed by atoms with Crippen LogP contribution in [0.1, 0.15) is 26.7 Å². The van der Waals surface area contributed by atoms with Gasteiger partial charge in [-0.05, 0) is 30.3 Å². The molecule has 0 aromatic rings. The van der Waals surface area contributed by atoms with Crippen LogP contribution in [-0.2, 0) is 4.79 Å². The molecular formula is C11H20N2OS. The van der Waals surface area contributed by atoms with Crippen molar-refractivity contribution in [1.82, 2.24) is 10.2 Å². The number of hydrogen-bond donors (Lipinski definition) is 1. The van der Waals surface area contributed by atoms with E-state index in [9.17, 15) is 4.79 Å². The fraction of sp³-hybridized carbons (Fsp3) is 0.909. The van der Waals surface area contributed by atoms with Crippen molar-refractivity contribution < 1.29 is 4.79 Å². The summed E-state index contributed by atoms with van der Waals surface area (Å²) in [6.07, 6.45) is 2.34. The highest BCUT2D eigenvalue weighted by Crippen LogP contribution is 2.24. The van der Waals surface area contributed by atoms with Crippen LogP contribution in [0.25, 0.3) is 0 Å². The zero-order chi connectivity index (χ0) is 10.8. The Hall–Kier alpha value is -0.220. The maximum absolute atomic E-state index is 12.1. The van der Waals surface area contributed by atoms with Gasteiger partial charge < -0.3 is 4.90 Å². The fourth-order valence-electron chi connectivity index (χ4n) is 2.37. The predicted octanol–water partition coefficient (Wildman–Crippen LogP) is 1.30. The van der Waals surface area contributed by atoms with Gasteiger partial charge in [-0.25, -0.2) is 0 Å². The number of rotatable bonds is 2. The standard InChI is InChI=1S/C11H20N2OS/c1-8(2)10-11(14)13(7-12-10)9-3-5-15-6-4-9/h8-10,12H,3-7H2,1-2H3. The van der Waals surface area contributed by atoms with Crippen LogP contribution in [0.4, 0.5) is 0 Å². The third-order valence-corrected chi connectivity index (χ3v) is 4.38. The molecule has 2 rings (SSSR count). The van der Waals surface area contributed by atoms with E-state index in [1.807, 2.05) is 11.8 Å². The van der Waals surface area contributed by atoms with Crippen LogP contribution >= 0.6 is 11.8 Å². The maximum Gasteiger partial charge on any atom is 0.241 e. The molecule has 2 aliphatic rings. The van der Waals surface area contributed by atoms with Gasteiger partial charge in [-0.15, -0.1) is 0 Å². The molecule has 15 heavy (non-hydrogen) atoms. The summed E-state index contributed by atoms with van der Waals surface area (Å²) < 4.78 is 0. The highest BCUT2D eigenvalue weighted by atomic mass is 32.2. The molecule has 0 radical (unpaired) electrons. The first-order chi connectivity index (χ1) is 7.20. The van der Waals surface area contributed by atoms with Crippen LogP contribution in [-0.4, -0.2) is 41.1 Å². The van der Waals surface area contributed by atoms with E-state index in [1.54, 1.807) is 0 Å². The minimum atomic E-state index is 0.0552. The lowest BCUT2D eigenvalue weighted by molar-refractivity contribution is -0.131. The maximum atomic E-state index is 12.1. The second-order valence-electron chi connectivity index (χ2n) is 4.74. The number of amides is 1. The van der Waals surface area contributed by atoms with Crippen LogP contribution in [0.5, 0.6) is 0 Å². The zero-order valence-corrected chi connectivity index (χ0v) is 10.3. The number of nitrogens with one attached hydrogen (secondary N) is 1. The third-order valence-electron chi connectivity index (χ3n) is 3.33. The van der Waals surface area contributed by atoms with E-state index in [0.717, 1.165) is 6.67 Å². The van der Waals surface area contributed by atoms with Crippen molar-refractivity contribution in [3.05, 3.63) is 0 Å². The SMILES string of the molecule is CC(C)C1NCN(C2CCSCC2)C1=O. The van der Waals surface area contributed by atoms with Gasteiger partial charge in [0.15, 0.2) is 0 Å². The molecule has 1 amide bonds. The van der Waals surface area contributed by atoms with E-state index in [4.69, 9.17) is 0 Å². The fourth-order valence-corrected chi connectivity index (χ4v) is 3.45.